The predicted molar refractivity (Wildman–Crippen MR) is 79.0 cm³/mol. The second kappa shape index (κ2) is 8.44. The van der Waals surface area contributed by atoms with Crippen LogP contribution in [-0.4, -0.2) is 69.1 Å². The van der Waals surface area contributed by atoms with E-state index in [9.17, 15) is 4.79 Å². The van der Waals surface area contributed by atoms with Crippen molar-refractivity contribution < 1.29 is 14.3 Å². The Bertz CT molecular complexity index is 292. The maximum absolute atomic E-state index is 11.4. The van der Waals surface area contributed by atoms with E-state index in [2.05, 4.69) is 22.6 Å². The zero-order valence-electron chi connectivity index (χ0n) is 13.2. The lowest BCUT2D eigenvalue weighted by molar-refractivity contribution is -0.0180. The summed E-state index contributed by atoms with van der Waals surface area (Å²) < 4.78 is 10.8. The topological polar surface area (TPSA) is 62.8 Å². The number of carbonyl (C=O) groups is 1. The highest BCUT2D eigenvalue weighted by molar-refractivity contribution is 5.67. The lowest BCUT2D eigenvalue weighted by Gasteiger charge is -2.30. The van der Waals surface area contributed by atoms with Gasteiger partial charge in [0.15, 0.2) is 0 Å². The average molecular weight is 287 g/mol. The fraction of sp³-hybridized carbons (Fsp3) is 0.929. The number of alkyl carbamates (subject to hydrolysis) is 1. The minimum absolute atomic E-state index is 0.271. The molecule has 0 aliphatic carbocycles. The van der Waals surface area contributed by atoms with Crippen molar-refractivity contribution in [1.29, 1.82) is 0 Å². The molecule has 6 nitrogen and oxygen atoms in total. The SMILES string of the molecule is CN1CCOC(CNCCCNC(=O)OC(C)(C)C)C1. The molecule has 1 aliphatic heterocycles. The summed E-state index contributed by atoms with van der Waals surface area (Å²) in [6.45, 7) is 10.7. The molecule has 1 rings (SSSR count). The number of carbonyl (C=O) groups excluding carboxylic acids is 1. The normalized spacial score (nSPS) is 20.7. The Labute approximate surface area is 122 Å². The van der Waals surface area contributed by atoms with Crippen molar-refractivity contribution in [3.8, 4) is 0 Å². The van der Waals surface area contributed by atoms with E-state index >= 15 is 0 Å². The van der Waals surface area contributed by atoms with E-state index in [-0.39, 0.29) is 12.2 Å². The zero-order valence-corrected chi connectivity index (χ0v) is 13.2. The van der Waals surface area contributed by atoms with Gasteiger partial charge in [0.1, 0.15) is 5.60 Å². The highest BCUT2D eigenvalue weighted by atomic mass is 16.6. The van der Waals surface area contributed by atoms with Crippen LogP contribution >= 0.6 is 0 Å². The van der Waals surface area contributed by atoms with Gasteiger partial charge in [0.25, 0.3) is 0 Å². The number of hydrogen-bond donors (Lipinski definition) is 2. The van der Waals surface area contributed by atoms with Crippen LogP contribution < -0.4 is 10.6 Å². The molecule has 0 aromatic heterocycles. The van der Waals surface area contributed by atoms with E-state index in [1.54, 1.807) is 0 Å². The van der Waals surface area contributed by atoms with Crippen LogP contribution in [0.4, 0.5) is 4.79 Å². The lowest BCUT2D eigenvalue weighted by atomic mass is 10.2. The van der Waals surface area contributed by atoms with Gasteiger partial charge in [-0.2, -0.15) is 0 Å². The Hall–Kier alpha value is -0.850. The predicted octanol–water partition coefficient (Wildman–Crippen LogP) is 0.821. The van der Waals surface area contributed by atoms with Crippen LogP contribution in [0.25, 0.3) is 0 Å². The second-order valence-electron chi connectivity index (χ2n) is 6.24. The van der Waals surface area contributed by atoms with Gasteiger partial charge in [-0.1, -0.05) is 0 Å². The molecule has 1 amide bonds. The first-order valence-corrected chi connectivity index (χ1v) is 7.34. The summed E-state index contributed by atoms with van der Waals surface area (Å²) in [6, 6.07) is 0. The number of hydrogen-bond acceptors (Lipinski definition) is 5. The summed E-state index contributed by atoms with van der Waals surface area (Å²) in [6.07, 6.45) is 0.796. The fourth-order valence-corrected chi connectivity index (χ4v) is 1.97. The molecule has 0 aromatic carbocycles. The quantitative estimate of drug-likeness (QED) is 0.708. The third-order valence-electron chi connectivity index (χ3n) is 2.91. The van der Waals surface area contributed by atoms with Crippen molar-refractivity contribution >= 4 is 6.09 Å². The summed E-state index contributed by atoms with van der Waals surface area (Å²) in [4.78, 5) is 13.7. The molecule has 0 radical (unpaired) electrons. The molecule has 2 N–H and O–H groups in total. The van der Waals surface area contributed by atoms with Crippen LogP contribution in [0.5, 0.6) is 0 Å². The van der Waals surface area contributed by atoms with Crippen LogP contribution in [0.1, 0.15) is 27.2 Å². The zero-order chi connectivity index (χ0) is 15.0. The van der Waals surface area contributed by atoms with Gasteiger partial charge in [-0.3, -0.25) is 0 Å². The first-order chi connectivity index (χ1) is 9.37. The van der Waals surface area contributed by atoms with Crippen molar-refractivity contribution in [1.82, 2.24) is 15.5 Å². The number of nitrogens with zero attached hydrogens (tertiary/aromatic N) is 1. The first kappa shape index (κ1) is 17.2. The third kappa shape index (κ3) is 8.35. The maximum Gasteiger partial charge on any atom is 0.407 e. The minimum atomic E-state index is -0.438. The summed E-state index contributed by atoms with van der Waals surface area (Å²) >= 11 is 0. The van der Waals surface area contributed by atoms with Gasteiger partial charge < -0.3 is 25.0 Å². The monoisotopic (exact) mass is 287 g/mol. The van der Waals surface area contributed by atoms with Crippen LogP contribution in [-0.2, 0) is 9.47 Å². The number of nitrogens with one attached hydrogen (secondary N) is 2. The minimum Gasteiger partial charge on any atom is -0.444 e. The van der Waals surface area contributed by atoms with Crippen LogP contribution in [0.15, 0.2) is 0 Å². The highest BCUT2D eigenvalue weighted by Gasteiger charge is 2.17. The van der Waals surface area contributed by atoms with Crippen molar-refractivity contribution in [2.45, 2.75) is 38.9 Å². The Morgan fingerprint density at radius 3 is 2.80 bits per heavy atom. The van der Waals surface area contributed by atoms with Crippen LogP contribution in [0, 0.1) is 0 Å². The number of amides is 1. The van der Waals surface area contributed by atoms with Crippen LogP contribution in [0.2, 0.25) is 0 Å². The van der Waals surface area contributed by atoms with Gasteiger partial charge in [-0.25, -0.2) is 4.79 Å². The summed E-state index contributed by atoms with van der Waals surface area (Å²) in [5, 5.41) is 6.10. The molecule has 6 heteroatoms. The fourth-order valence-electron chi connectivity index (χ4n) is 1.97. The molecule has 0 aromatic rings. The molecule has 0 spiro atoms. The number of ether oxygens (including phenoxy) is 2. The molecule has 1 saturated heterocycles. The van der Waals surface area contributed by atoms with E-state index in [0.717, 1.165) is 39.2 Å². The second-order valence-corrected chi connectivity index (χ2v) is 6.24. The van der Waals surface area contributed by atoms with Crippen molar-refractivity contribution in [2.24, 2.45) is 0 Å². The molecular weight excluding hydrogens is 258 g/mol. The van der Waals surface area contributed by atoms with Gasteiger partial charge in [-0.15, -0.1) is 0 Å². The molecule has 0 bridgehead atoms. The number of morpholine rings is 1. The Morgan fingerprint density at radius 2 is 2.15 bits per heavy atom. The van der Waals surface area contributed by atoms with Gasteiger partial charge in [0.2, 0.25) is 0 Å². The molecule has 1 fully saturated rings. The van der Waals surface area contributed by atoms with Gasteiger partial charge in [0.05, 0.1) is 12.7 Å². The number of rotatable bonds is 6. The van der Waals surface area contributed by atoms with Crippen molar-refractivity contribution in [3.05, 3.63) is 0 Å². The Morgan fingerprint density at radius 1 is 1.40 bits per heavy atom. The van der Waals surface area contributed by atoms with Crippen molar-refractivity contribution in [3.63, 3.8) is 0 Å². The van der Waals surface area contributed by atoms with Crippen molar-refractivity contribution in [2.75, 3.05) is 46.4 Å². The first-order valence-electron chi connectivity index (χ1n) is 7.34. The van der Waals surface area contributed by atoms with Crippen LogP contribution in [0.3, 0.4) is 0 Å². The van der Waals surface area contributed by atoms with Gasteiger partial charge in [0, 0.05) is 26.2 Å². The van der Waals surface area contributed by atoms with E-state index in [1.807, 2.05) is 20.8 Å². The van der Waals surface area contributed by atoms with Gasteiger partial charge in [-0.05, 0) is 40.8 Å². The standard InChI is InChI=1S/C14H29N3O3/c1-14(2,3)20-13(18)16-7-5-6-15-10-12-11-17(4)8-9-19-12/h12,15H,5-11H2,1-4H3,(H,16,18). The Kier molecular flexibility index (Phi) is 7.26. The Balaban J connectivity index is 1.96. The number of likely N-dealkylation sites (N-methyl/N-ethyl adjacent to an activating group) is 1. The molecule has 1 aliphatic rings. The molecule has 1 unspecified atom stereocenters. The maximum atomic E-state index is 11.4. The average Bonchev–Trinajstić information content (AvgIpc) is 2.31. The van der Waals surface area contributed by atoms with E-state index in [0.29, 0.717) is 6.54 Å². The van der Waals surface area contributed by atoms with E-state index in [1.165, 1.54) is 0 Å². The molecule has 0 saturated carbocycles. The molecule has 1 heterocycles. The van der Waals surface area contributed by atoms with E-state index < -0.39 is 5.60 Å². The summed E-state index contributed by atoms with van der Waals surface area (Å²) in [5.74, 6) is 0. The molecular formula is C14H29N3O3. The smallest absolute Gasteiger partial charge is 0.407 e. The summed E-state index contributed by atoms with van der Waals surface area (Å²) in [5.41, 5.74) is -0.438. The van der Waals surface area contributed by atoms with Gasteiger partial charge >= 0.3 is 6.09 Å². The molecule has 118 valence electrons. The molecule has 1 atom stereocenters. The highest BCUT2D eigenvalue weighted by Crippen LogP contribution is 2.06. The summed E-state index contributed by atoms with van der Waals surface area (Å²) in [7, 11) is 2.11. The van der Waals surface area contributed by atoms with E-state index in [4.69, 9.17) is 9.47 Å². The molecule has 20 heavy (non-hydrogen) atoms. The largest absolute Gasteiger partial charge is 0.444 e. The third-order valence-corrected chi connectivity index (χ3v) is 2.91. The lowest BCUT2D eigenvalue weighted by Crippen LogP contribution is -2.45.